The standard InChI is InChI=1S/C20H29N5O2/c1-15(2)14-18(20(27)22-9-8-21)23-19(26)16-4-6-17(7-5-16)25-12-10-24(3)11-13-25/h4-7,15,18H,9-14H2,1-3H3,(H,22,27)(H,23,26)/t18-/m0/s1. The lowest BCUT2D eigenvalue weighted by molar-refractivity contribution is -0.123. The second-order valence-corrected chi connectivity index (χ2v) is 7.37. The Balaban J connectivity index is 2.00. The lowest BCUT2D eigenvalue weighted by atomic mass is 10.0. The smallest absolute Gasteiger partial charge is 0.251 e. The quantitative estimate of drug-likeness (QED) is 0.704. The van der Waals surface area contributed by atoms with Crippen molar-refractivity contribution in [3.05, 3.63) is 29.8 Å². The molecule has 0 radical (unpaired) electrons. The molecule has 1 aromatic rings. The number of hydrogen-bond acceptors (Lipinski definition) is 5. The number of rotatable bonds is 7. The highest BCUT2D eigenvalue weighted by atomic mass is 16.2. The molecule has 1 fully saturated rings. The van der Waals surface area contributed by atoms with Crippen molar-refractivity contribution in [1.82, 2.24) is 15.5 Å². The van der Waals surface area contributed by atoms with Gasteiger partial charge in [0.05, 0.1) is 6.07 Å². The van der Waals surface area contributed by atoms with Gasteiger partial charge in [-0.2, -0.15) is 5.26 Å². The minimum atomic E-state index is -0.650. The van der Waals surface area contributed by atoms with Crippen molar-refractivity contribution in [1.29, 1.82) is 5.26 Å². The van der Waals surface area contributed by atoms with E-state index in [0.29, 0.717) is 12.0 Å². The van der Waals surface area contributed by atoms with Crippen LogP contribution in [-0.4, -0.2) is 62.5 Å². The summed E-state index contributed by atoms with van der Waals surface area (Å²) in [7, 11) is 2.12. The molecule has 7 heteroatoms. The fourth-order valence-electron chi connectivity index (χ4n) is 3.08. The van der Waals surface area contributed by atoms with Crippen LogP contribution in [0.15, 0.2) is 24.3 Å². The predicted octanol–water partition coefficient (Wildman–Crippen LogP) is 1.22. The second-order valence-electron chi connectivity index (χ2n) is 7.37. The number of anilines is 1. The maximum atomic E-state index is 12.6. The minimum absolute atomic E-state index is 0.0664. The molecule has 1 saturated heterocycles. The SMILES string of the molecule is CC(C)C[C@H](NC(=O)c1ccc(N2CCN(C)CC2)cc1)C(=O)NCC#N. The molecule has 0 spiro atoms. The van der Waals surface area contributed by atoms with Gasteiger partial charge in [-0.3, -0.25) is 9.59 Å². The van der Waals surface area contributed by atoms with Gasteiger partial charge in [-0.1, -0.05) is 13.8 Å². The van der Waals surface area contributed by atoms with Crippen LogP contribution in [0.4, 0.5) is 5.69 Å². The van der Waals surface area contributed by atoms with E-state index < -0.39 is 6.04 Å². The van der Waals surface area contributed by atoms with E-state index in [0.717, 1.165) is 31.9 Å². The number of hydrogen-bond donors (Lipinski definition) is 2. The van der Waals surface area contributed by atoms with Gasteiger partial charge in [0.15, 0.2) is 0 Å². The van der Waals surface area contributed by atoms with Crippen LogP contribution in [0.1, 0.15) is 30.6 Å². The summed E-state index contributed by atoms with van der Waals surface area (Å²) < 4.78 is 0. The number of piperazine rings is 1. The summed E-state index contributed by atoms with van der Waals surface area (Å²) in [5.74, 6) is -0.368. The van der Waals surface area contributed by atoms with Gasteiger partial charge in [0.2, 0.25) is 5.91 Å². The van der Waals surface area contributed by atoms with Crippen molar-refractivity contribution in [2.24, 2.45) is 5.92 Å². The topological polar surface area (TPSA) is 88.5 Å². The number of nitrogens with zero attached hydrogens (tertiary/aromatic N) is 3. The first kappa shape index (κ1) is 20.7. The van der Waals surface area contributed by atoms with E-state index in [1.54, 1.807) is 12.1 Å². The molecule has 2 amide bonds. The Kier molecular flexibility index (Phi) is 7.62. The molecular weight excluding hydrogens is 342 g/mol. The number of nitriles is 1. The van der Waals surface area contributed by atoms with Gasteiger partial charge in [0.25, 0.3) is 5.91 Å². The van der Waals surface area contributed by atoms with E-state index in [9.17, 15) is 9.59 Å². The van der Waals surface area contributed by atoms with Gasteiger partial charge in [0, 0.05) is 37.4 Å². The fraction of sp³-hybridized carbons (Fsp3) is 0.550. The van der Waals surface area contributed by atoms with Crippen LogP contribution < -0.4 is 15.5 Å². The number of nitrogens with one attached hydrogen (secondary N) is 2. The summed E-state index contributed by atoms with van der Waals surface area (Å²) in [5, 5.41) is 14.0. The summed E-state index contributed by atoms with van der Waals surface area (Å²) in [4.78, 5) is 29.4. The molecule has 1 aliphatic rings. The van der Waals surface area contributed by atoms with Crippen LogP contribution in [0.3, 0.4) is 0 Å². The van der Waals surface area contributed by atoms with Crippen LogP contribution in [0, 0.1) is 17.2 Å². The lowest BCUT2D eigenvalue weighted by Crippen LogP contribution is -2.47. The van der Waals surface area contributed by atoms with Crippen molar-refractivity contribution in [2.75, 3.05) is 44.7 Å². The predicted molar refractivity (Wildman–Crippen MR) is 105 cm³/mol. The average Bonchev–Trinajstić information content (AvgIpc) is 2.66. The third kappa shape index (κ3) is 6.26. The molecular formula is C20H29N5O2. The molecule has 1 atom stereocenters. The highest BCUT2D eigenvalue weighted by molar-refractivity contribution is 5.97. The Morgan fingerprint density at radius 1 is 1.15 bits per heavy atom. The Morgan fingerprint density at radius 3 is 2.33 bits per heavy atom. The van der Waals surface area contributed by atoms with Crippen LogP contribution >= 0.6 is 0 Å². The monoisotopic (exact) mass is 371 g/mol. The number of likely N-dealkylation sites (N-methyl/N-ethyl adjacent to an activating group) is 1. The highest BCUT2D eigenvalue weighted by Crippen LogP contribution is 2.17. The maximum Gasteiger partial charge on any atom is 0.251 e. The average molecular weight is 371 g/mol. The third-order valence-corrected chi connectivity index (χ3v) is 4.67. The first-order valence-electron chi connectivity index (χ1n) is 9.39. The van der Waals surface area contributed by atoms with E-state index in [2.05, 4.69) is 27.5 Å². The van der Waals surface area contributed by atoms with Gasteiger partial charge in [-0.15, -0.1) is 0 Å². The zero-order valence-electron chi connectivity index (χ0n) is 16.4. The molecule has 1 aliphatic heterocycles. The summed E-state index contributed by atoms with van der Waals surface area (Å²) in [6.45, 7) is 7.90. The van der Waals surface area contributed by atoms with E-state index in [-0.39, 0.29) is 24.3 Å². The first-order valence-corrected chi connectivity index (χ1v) is 9.39. The molecule has 1 aromatic carbocycles. The molecule has 0 saturated carbocycles. The molecule has 0 unspecified atom stereocenters. The number of carbonyl (C=O) groups excluding carboxylic acids is 2. The Hall–Kier alpha value is -2.59. The Labute approximate surface area is 161 Å². The van der Waals surface area contributed by atoms with Gasteiger partial charge in [-0.05, 0) is 43.7 Å². The van der Waals surface area contributed by atoms with Crippen molar-refractivity contribution >= 4 is 17.5 Å². The molecule has 27 heavy (non-hydrogen) atoms. The molecule has 0 aliphatic carbocycles. The normalized spacial score (nSPS) is 15.9. The molecule has 146 valence electrons. The first-order chi connectivity index (χ1) is 12.9. The van der Waals surface area contributed by atoms with Crippen LogP contribution in [-0.2, 0) is 4.79 Å². The summed E-state index contributed by atoms with van der Waals surface area (Å²) in [6.07, 6.45) is 0.516. The van der Waals surface area contributed by atoms with Crippen molar-refractivity contribution in [3.63, 3.8) is 0 Å². The second kappa shape index (κ2) is 9.93. The molecule has 7 nitrogen and oxygen atoms in total. The molecule has 0 bridgehead atoms. The number of amides is 2. The molecule has 2 rings (SSSR count). The van der Waals surface area contributed by atoms with Crippen molar-refractivity contribution < 1.29 is 9.59 Å². The third-order valence-electron chi connectivity index (χ3n) is 4.67. The summed E-state index contributed by atoms with van der Waals surface area (Å²) in [5.41, 5.74) is 1.62. The van der Waals surface area contributed by atoms with E-state index >= 15 is 0 Å². The van der Waals surface area contributed by atoms with Crippen LogP contribution in [0.25, 0.3) is 0 Å². The van der Waals surface area contributed by atoms with Crippen LogP contribution in [0.5, 0.6) is 0 Å². The Bertz CT molecular complexity index is 673. The molecule has 0 aromatic heterocycles. The van der Waals surface area contributed by atoms with E-state index in [1.165, 1.54) is 0 Å². The minimum Gasteiger partial charge on any atom is -0.369 e. The zero-order valence-corrected chi connectivity index (χ0v) is 16.4. The molecule has 1 heterocycles. The molecule has 2 N–H and O–H groups in total. The fourth-order valence-corrected chi connectivity index (χ4v) is 3.08. The Morgan fingerprint density at radius 2 is 1.78 bits per heavy atom. The largest absolute Gasteiger partial charge is 0.369 e. The number of carbonyl (C=O) groups is 2. The van der Waals surface area contributed by atoms with Crippen molar-refractivity contribution in [2.45, 2.75) is 26.3 Å². The summed E-state index contributed by atoms with van der Waals surface area (Å²) in [6, 6.07) is 8.72. The van der Waals surface area contributed by atoms with Crippen LogP contribution in [0.2, 0.25) is 0 Å². The van der Waals surface area contributed by atoms with Gasteiger partial charge in [-0.25, -0.2) is 0 Å². The number of benzene rings is 1. The van der Waals surface area contributed by atoms with Gasteiger partial charge >= 0.3 is 0 Å². The van der Waals surface area contributed by atoms with Crippen molar-refractivity contribution in [3.8, 4) is 6.07 Å². The van der Waals surface area contributed by atoms with E-state index in [1.807, 2.05) is 32.0 Å². The lowest BCUT2D eigenvalue weighted by Gasteiger charge is -2.34. The summed E-state index contributed by atoms with van der Waals surface area (Å²) >= 11 is 0. The highest BCUT2D eigenvalue weighted by Gasteiger charge is 2.22. The van der Waals surface area contributed by atoms with E-state index in [4.69, 9.17) is 5.26 Å². The van der Waals surface area contributed by atoms with Gasteiger partial charge in [0.1, 0.15) is 12.6 Å². The van der Waals surface area contributed by atoms with Gasteiger partial charge < -0.3 is 20.4 Å². The maximum absolute atomic E-state index is 12.6. The zero-order chi connectivity index (χ0) is 19.8.